The summed E-state index contributed by atoms with van der Waals surface area (Å²) >= 11 is 5.14. The van der Waals surface area contributed by atoms with E-state index in [-0.39, 0.29) is 0 Å². The molecule has 0 aliphatic heterocycles. The molecule has 1 rings (SSSR count). The van der Waals surface area contributed by atoms with Crippen LogP contribution in [-0.4, -0.2) is 46.2 Å². The third kappa shape index (κ3) is 6.51. The highest BCUT2D eigenvalue weighted by molar-refractivity contribution is 7.80. The van der Waals surface area contributed by atoms with Crippen LogP contribution in [0.3, 0.4) is 0 Å². The van der Waals surface area contributed by atoms with Crippen molar-refractivity contribution in [2.45, 2.75) is 19.8 Å². The van der Waals surface area contributed by atoms with Gasteiger partial charge in [-0.2, -0.15) is 5.10 Å². The minimum absolute atomic E-state index is 0.669. The van der Waals surface area contributed by atoms with Gasteiger partial charge >= 0.3 is 0 Å². The molecule has 0 aliphatic rings. The molecule has 0 unspecified atom stereocenters. The van der Waals surface area contributed by atoms with E-state index in [0.717, 1.165) is 45.0 Å². The summed E-state index contributed by atoms with van der Waals surface area (Å²) in [5.74, 6) is 0.823. The summed E-state index contributed by atoms with van der Waals surface area (Å²) in [7, 11) is 1.86. The topological polar surface area (TPSA) is 64.0 Å². The normalized spacial score (nSPS) is 10.3. The number of rotatable bonds is 8. The molecule has 1 aromatic rings. The Morgan fingerprint density at radius 2 is 2.22 bits per heavy atom. The van der Waals surface area contributed by atoms with Gasteiger partial charge < -0.3 is 15.4 Å². The minimum atomic E-state index is 0.669. The Hall–Kier alpha value is -1.21. The molecule has 2 N–H and O–H groups in total. The van der Waals surface area contributed by atoms with Crippen molar-refractivity contribution in [2.24, 2.45) is 7.05 Å². The van der Waals surface area contributed by atoms with E-state index in [1.165, 1.54) is 0 Å². The molecule has 0 atom stereocenters. The van der Waals surface area contributed by atoms with Gasteiger partial charge in [-0.3, -0.25) is 4.68 Å². The van der Waals surface area contributed by atoms with Gasteiger partial charge in [-0.15, -0.1) is 0 Å². The molecule has 1 aromatic heterocycles. The van der Waals surface area contributed by atoms with Crippen LogP contribution >= 0.6 is 12.2 Å². The molecule has 102 valence electrons. The zero-order chi connectivity index (χ0) is 13.2. The highest BCUT2D eigenvalue weighted by atomic mass is 32.1. The van der Waals surface area contributed by atoms with E-state index in [2.05, 4.69) is 20.7 Å². The van der Waals surface area contributed by atoms with Crippen LogP contribution in [0.4, 0.5) is 0 Å². The van der Waals surface area contributed by atoms with Crippen molar-refractivity contribution in [3.05, 3.63) is 12.2 Å². The summed E-state index contributed by atoms with van der Waals surface area (Å²) in [6.45, 7) is 5.09. The van der Waals surface area contributed by atoms with Crippen molar-refractivity contribution in [1.29, 1.82) is 0 Å². The Labute approximate surface area is 113 Å². The molecule has 0 saturated carbocycles. The summed E-state index contributed by atoms with van der Waals surface area (Å²) in [5, 5.41) is 11.1. The fraction of sp³-hybridized carbons (Fsp3) is 0.727. The second-order valence-electron chi connectivity index (χ2n) is 3.82. The van der Waals surface area contributed by atoms with Crippen molar-refractivity contribution in [3.8, 4) is 0 Å². The smallest absolute Gasteiger partial charge is 0.166 e. The Morgan fingerprint density at radius 1 is 1.44 bits per heavy atom. The maximum atomic E-state index is 5.23. The minimum Gasteiger partial charge on any atom is -0.382 e. The van der Waals surface area contributed by atoms with Gasteiger partial charge in [0.15, 0.2) is 10.9 Å². The predicted octanol–water partition coefficient (Wildman–Crippen LogP) is 0.248. The summed E-state index contributed by atoms with van der Waals surface area (Å²) in [6.07, 6.45) is 3.42. The number of aromatic nitrogens is 3. The van der Waals surface area contributed by atoms with Gasteiger partial charge in [0.25, 0.3) is 0 Å². The average molecular weight is 271 g/mol. The van der Waals surface area contributed by atoms with Crippen molar-refractivity contribution in [2.75, 3.05) is 26.3 Å². The SMILES string of the molecule is CCOCCCNC(=S)NCCc1ncn(C)n1. The number of aryl methyl sites for hydroxylation is 1. The van der Waals surface area contributed by atoms with Gasteiger partial charge in [0.1, 0.15) is 6.33 Å². The number of thiocarbonyl (C=S) groups is 1. The Morgan fingerprint density at radius 3 is 2.89 bits per heavy atom. The van der Waals surface area contributed by atoms with Crippen LogP contribution in [0.5, 0.6) is 0 Å². The third-order valence-electron chi connectivity index (χ3n) is 2.24. The zero-order valence-electron chi connectivity index (χ0n) is 11.0. The van der Waals surface area contributed by atoms with Crippen molar-refractivity contribution in [3.63, 3.8) is 0 Å². The second-order valence-corrected chi connectivity index (χ2v) is 4.23. The number of nitrogens with one attached hydrogen (secondary N) is 2. The third-order valence-corrected chi connectivity index (χ3v) is 2.53. The lowest BCUT2D eigenvalue weighted by molar-refractivity contribution is 0.145. The monoisotopic (exact) mass is 271 g/mol. The van der Waals surface area contributed by atoms with Crippen LogP contribution in [0.15, 0.2) is 6.33 Å². The molecule has 0 saturated heterocycles. The van der Waals surface area contributed by atoms with Gasteiger partial charge in [0, 0.05) is 39.8 Å². The van der Waals surface area contributed by atoms with Gasteiger partial charge in [0.2, 0.25) is 0 Å². The Bertz CT molecular complexity index is 355. The lowest BCUT2D eigenvalue weighted by Gasteiger charge is -2.09. The molecule has 1 heterocycles. The molecule has 0 radical (unpaired) electrons. The maximum absolute atomic E-state index is 5.23. The molecule has 0 fully saturated rings. The molecule has 0 aromatic carbocycles. The summed E-state index contributed by atoms with van der Waals surface area (Å²) in [6, 6.07) is 0. The Kier molecular flexibility index (Phi) is 7.28. The van der Waals surface area contributed by atoms with Gasteiger partial charge in [-0.25, -0.2) is 4.98 Å². The van der Waals surface area contributed by atoms with Crippen LogP contribution in [0.1, 0.15) is 19.2 Å². The molecular weight excluding hydrogens is 250 g/mol. The van der Waals surface area contributed by atoms with Gasteiger partial charge in [-0.05, 0) is 25.6 Å². The Balaban J connectivity index is 2.00. The van der Waals surface area contributed by atoms with E-state index in [1.807, 2.05) is 14.0 Å². The quantitative estimate of drug-likeness (QED) is 0.522. The number of ether oxygens (including phenoxy) is 1. The summed E-state index contributed by atoms with van der Waals surface area (Å²) in [4.78, 5) is 4.14. The lowest BCUT2D eigenvalue weighted by atomic mass is 10.4. The maximum Gasteiger partial charge on any atom is 0.166 e. The van der Waals surface area contributed by atoms with Crippen molar-refractivity contribution < 1.29 is 4.74 Å². The first-order valence-electron chi connectivity index (χ1n) is 6.16. The molecule has 18 heavy (non-hydrogen) atoms. The fourth-order valence-electron chi connectivity index (χ4n) is 1.37. The van der Waals surface area contributed by atoms with E-state index in [4.69, 9.17) is 17.0 Å². The molecule has 0 bridgehead atoms. The number of hydrogen-bond donors (Lipinski definition) is 2. The van der Waals surface area contributed by atoms with Crippen LogP contribution in [0.25, 0.3) is 0 Å². The molecule has 0 aliphatic carbocycles. The molecule has 7 heteroatoms. The van der Waals surface area contributed by atoms with Crippen molar-refractivity contribution in [1.82, 2.24) is 25.4 Å². The van der Waals surface area contributed by atoms with E-state index < -0.39 is 0 Å². The van der Waals surface area contributed by atoms with E-state index in [1.54, 1.807) is 11.0 Å². The van der Waals surface area contributed by atoms with Crippen LogP contribution in [-0.2, 0) is 18.2 Å². The van der Waals surface area contributed by atoms with E-state index in [0.29, 0.717) is 5.11 Å². The number of nitrogens with zero attached hydrogens (tertiary/aromatic N) is 3. The first kappa shape index (κ1) is 14.8. The highest BCUT2D eigenvalue weighted by Gasteiger charge is 1.99. The fourth-order valence-corrected chi connectivity index (χ4v) is 1.57. The second kappa shape index (κ2) is 8.82. The summed E-state index contributed by atoms with van der Waals surface area (Å²) in [5.41, 5.74) is 0. The van der Waals surface area contributed by atoms with Crippen LogP contribution in [0, 0.1) is 0 Å². The van der Waals surface area contributed by atoms with E-state index in [9.17, 15) is 0 Å². The first-order valence-corrected chi connectivity index (χ1v) is 6.57. The molecule has 6 nitrogen and oxygen atoms in total. The van der Waals surface area contributed by atoms with Crippen molar-refractivity contribution >= 4 is 17.3 Å². The van der Waals surface area contributed by atoms with Crippen LogP contribution in [0.2, 0.25) is 0 Å². The molecular formula is C11H21N5OS. The molecule has 0 spiro atoms. The van der Waals surface area contributed by atoms with Crippen LogP contribution < -0.4 is 10.6 Å². The van der Waals surface area contributed by atoms with Gasteiger partial charge in [0.05, 0.1) is 0 Å². The summed E-state index contributed by atoms with van der Waals surface area (Å²) < 4.78 is 6.93. The number of hydrogen-bond acceptors (Lipinski definition) is 4. The largest absolute Gasteiger partial charge is 0.382 e. The molecule has 0 amide bonds. The standard InChI is InChI=1S/C11H21N5OS/c1-3-17-8-4-6-12-11(18)13-7-5-10-14-9-16(2)15-10/h9H,3-8H2,1-2H3,(H2,12,13,18). The first-order chi connectivity index (χ1) is 8.72. The van der Waals surface area contributed by atoms with E-state index >= 15 is 0 Å². The lowest BCUT2D eigenvalue weighted by Crippen LogP contribution is -2.37. The average Bonchev–Trinajstić information content (AvgIpc) is 2.75. The predicted molar refractivity (Wildman–Crippen MR) is 74.4 cm³/mol. The highest BCUT2D eigenvalue weighted by Crippen LogP contribution is 1.88. The van der Waals surface area contributed by atoms with Gasteiger partial charge in [-0.1, -0.05) is 0 Å². The zero-order valence-corrected chi connectivity index (χ0v) is 11.8.